The summed E-state index contributed by atoms with van der Waals surface area (Å²) in [6.07, 6.45) is 2.42. The number of rotatable bonds is 7. The first-order chi connectivity index (χ1) is 8.85. The molecule has 0 aromatic carbocycles. The van der Waals surface area contributed by atoms with E-state index in [0.29, 0.717) is 12.8 Å². The average Bonchev–Trinajstić information content (AvgIpc) is 2.87. The number of nitrogens with zero attached hydrogens (tertiary/aromatic N) is 1. The van der Waals surface area contributed by atoms with E-state index in [-0.39, 0.29) is 23.5 Å². The van der Waals surface area contributed by atoms with Crippen molar-refractivity contribution in [3.8, 4) is 0 Å². The standard InChI is InChI=1S/C13H21NO4S/c1-4-19(16,17)10-11(2)14(3)13(15)8-7-12-6-5-9-18-12/h5-6,9,11H,4,7-8,10H2,1-3H3/t11-/m0/s1. The van der Waals surface area contributed by atoms with Crippen LogP contribution in [0.5, 0.6) is 0 Å². The maximum absolute atomic E-state index is 11.9. The summed E-state index contributed by atoms with van der Waals surface area (Å²) in [5, 5.41) is 0. The molecule has 0 fully saturated rings. The first-order valence-corrected chi connectivity index (χ1v) is 8.16. The zero-order valence-corrected chi connectivity index (χ0v) is 12.4. The van der Waals surface area contributed by atoms with Gasteiger partial charge in [-0.2, -0.15) is 0 Å². The molecule has 1 amide bonds. The molecule has 0 aliphatic heterocycles. The van der Waals surface area contributed by atoms with Gasteiger partial charge >= 0.3 is 0 Å². The minimum absolute atomic E-state index is 0.00644. The van der Waals surface area contributed by atoms with Gasteiger partial charge in [-0.1, -0.05) is 6.92 Å². The largest absolute Gasteiger partial charge is 0.469 e. The maximum atomic E-state index is 11.9. The van der Waals surface area contributed by atoms with E-state index < -0.39 is 9.84 Å². The minimum atomic E-state index is -3.07. The van der Waals surface area contributed by atoms with E-state index in [0.717, 1.165) is 5.76 Å². The SMILES string of the molecule is CCS(=O)(=O)C[C@H](C)N(C)C(=O)CCc1ccco1. The van der Waals surface area contributed by atoms with Gasteiger partial charge in [0.15, 0.2) is 9.84 Å². The predicted octanol–water partition coefficient (Wildman–Crippen LogP) is 1.49. The molecule has 0 spiro atoms. The third kappa shape index (κ3) is 5.06. The number of furan rings is 1. The van der Waals surface area contributed by atoms with E-state index >= 15 is 0 Å². The molecule has 6 heteroatoms. The second kappa shape index (κ2) is 6.75. The molecule has 5 nitrogen and oxygen atoms in total. The monoisotopic (exact) mass is 287 g/mol. The number of hydrogen-bond donors (Lipinski definition) is 0. The van der Waals surface area contributed by atoms with Gasteiger partial charge in [0.05, 0.1) is 12.0 Å². The first kappa shape index (κ1) is 15.8. The number of carbonyl (C=O) groups is 1. The molecule has 1 rings (SSSR count). The molecular formula is C13H21NO4S. The smallest absolute Gasteiger partial charge is 0.223 e. The molecule has 1 aromatic heterocycles. The van der Waals surface area contributed by atoms with Crippen molar-refractivity contribution in [1.29, 1.82) is 0 Å². The van der Waals surface area contributed by atoms with Crippen LogP contribution in [0.1, 0.15) is 26.0 Å². The fourth-order valence-electron chi connectivity index (χ4n) is 1.70. The highest BCUT2D eigenvalue weighted by Crippen LogP contribution is 2.08. The maximum Gasteiger partial charge on any atom is 0.223 e. The lowest BCUT2D eigenvalue weighted by molar-refractivity contribution is -0.131. The van der Waals surface area contributed by atoms with Gasteiger partial charge in [-0.25, -0.2) is 8.42 Å². The van der Waals surface area contributed by atoms with Crippen LogP contribution in [0.4, 0.5) is 0 Å². The third-order valence-electron chi connectivity index (χ3n) is 3.15. The summed E-state index contributed by atoms with van der Waals surface area (Å²) in [5.41, 5.74) is 0. The second-order valence-corrected chi connectivity index (χ2v) is 7.03. The molecule has 1 heterocycles. The van der Waals surface area contributed by atoms with Crippen LogP contribution in [0.2, 0.25) is 0 Å². The van der Waals surface area contributed by atoms with Gasteiger partial charge in [-0.15, -0.1) is 0 Å². The van der Waals surface area contributed by atoms with Crippen LogP contribution < -0.4 is 0 Å². The minimum Gasteiger partial charge on any atom is -0.469 e. The Kier molecular flexibility index (Phi) is 5.60. The summed E-state index contributed by atoms with van der Waals surface area (Å²) in [7, 11) is -1.43. The van der Waals surface area contributed by atoms with Gasteiger partial charge < -0.3 is 9.32 Å². The summed E-state index contributed by atoms with van der Waals surface area (Å²) >= 11 is 0. The normalized spacial score (nSPS) is 13.2. The number of hydrogen-bond acceptors (Lipinski definition) is 4. The van der Waals surface area contributed by atoms with Crippen molar-refractivity contribution in [3.63, 3.8) is 0 Å². The Labute approximate surface area is 114 Å². The quantitative estimate of drug-likeness (QED) is 0.762. The van der Waals surface area contributed by atoms with Crippen LogP contribution in [0.3, 0.4) is 0 Å². The highest BCUT2D eigenvalue weighted by molar-refractivity contribution is 7.91. The van der Waals surface area contributed by atoms with Gasteiger partial charge in [0.25, 0.3) is 0 Å². The van der Waals surface area contributed by atoms with Gasteiger partial charge in [-0.3, -0.25) is 4.79 Å². The molecular weight excluding hydrogens is 266 g/mol. The van der Waals surface area contributed by atoms with Crippen molar-refractivity contribution >= 4 is 15.7 Å². The van der Waals surface area contributed by atoms with Crippen LogP contribution in [-0.2, 0) is 21.1 Å². The molecule has 0 bridgehead atoms. The zero-order valence-electron chi connectivity index (χ0n) is 11.6. The van der Waals surface area contributed by atoms with Gasteiger partial charge in [0.2, 0.25) is 5.91 Å². The highest BCUT2D eigenvalue weighted by atomic mass is 32.2. The van der Waals surface area contributed by atoms with Crippen LogP contribution in [0.25, 0.3) is 0 Å². The van der Waals surface area contributed by atoms with Crippen molar-refractivity contribution in [2.45, 2.75) is 32.7 Å². The van der Waals surface area contributed by atoms with E-state index in [1.807, 2.05) is 6.07 Å². The fourth-order valence-corrected chi connectivity index (χ4v) is 2.90. The van der Waals surface area contributed by atoms with Crippen molar-refractivity contribution in [2.75, 3.05) is 18.6 Å². The number of carbonyl (C=O) groups excluding carboxylic acids is 1. The van der Waals surface area contributed by atoms with Gasteiger partial charge in [0.1, 0.15) is 5.76 Å². The van der Waals surface area contributed by atoms with Crippen molar-refractivity contribution in [2.24, 2.45) is 0 Å². The highest BCUT2D eigenvalue weighted by Gasteiger charge is 2.21. The Hall–Kier alpha value is -1.30. The van der Waals surface area contributed by atoms with Crippen LogP contribution in [0.15, 0.2) is 22.8 Å². The molecule has 0 N–H and O–H groups in total. The molecule has 0 radical (unpaired) electrons. The molecule has 1 aromatic rings. The Morgan fingerprint density at radius 2 is 2.16 bits per heavy atom. The third-order valence-corrected chi connectivity index (χ3v) is 5.02. The fraction of sp³-hybridized carbons (Fsp3) is 0.615. The van der Waals surface area contributed by atoms with Gasteiger partial charge in [0, 0.05) is 31.7 Å². The molecule has 0 saturated heterocycles. The van der Waals surface area contributed by atoms with E-state index in [1.165, 1.54) is 4.90 Å². The first-order valence-electron chi connectivity index (χ1n) is 6.34. The van der Waals surface area contributed by atoms with Crippen LogP contribution >= 0.6 is 0 Å². The second-order valence-electron chi connectivity index (χ2n) is 4.63. The van der Waals surface area contributed by atoms with Crippen LogP contribution in [0, 0.1) is 0 Å². The molecule has 0 aliphatic carbocycles. The molecule has 1 atom stereocenters. The van der Waals surface area contributed by atoms with E-state index in [4.69, 9.17) is 4.42 Å². The van der Waals surface area contributed by atoms with E-state index in [9.17, 15) is 13.2 Å². The van der Waals surface area contributed by atoms with E-state index in [1.54, 1.807) is 33.2 Å². The van der Waals surface area contributed by atoms with Crippen molar-refractivity contribution < 1.29 is 17.6 Å². The van der Waals surface area contributed by atoms with Crippen molar-refractivity contribution in [1.82, 2.24) is 4.90 Å². The lowest BCUT2D eigenvalue weighted by Crippen LogP contribution is -2.39. The Morgan fingerprint density at radius 1 is 1.47 bits per heavy atom. The van der Waals surface area contributed by atoms with Crippen LogP contribution in [-0.4, -0.2) is 43.8 Å². The van der Waals surface area contributed by atoms with Crippen molar-refractivity contribution in [3.05, 3.63) is 24.2 Å². The molecule has 0 unspecified atom stereocenters. The molecule has 0 saturated carbocycles. The predicted molar refractivity (Wildman–Crippen MR) is 73.6 cm³/mol. The zero-order chi connectivity index (χ0) is 14.5. The average molecular weight is 287 g/mol. The Balaban J connectivity index is 2.47. The van der Waals surface area contributed by atoms with Gasteiger partial charge in [-0.05, 0) is 19.1 Å². The molecule has 0 aliphatic rings. The topological polar surface area (TPSA) is 67.6 Å². The van der Waals surface area contributed by atoms with E-state index in [2.05, 4.69) is 0 Å². The number of amides is 1. The summed E-state index contributed by atoms with van der Waals surface area (Å²) in [6.45, 7) is 3.36. The lowest BCUT2D eigenvalue weighted by atomic mass is 10.2. The Bertz CT molecular complexity index is 493. The summed E-state index contributed by atoms with van der Waals surface area (Å²) in [4.78, 5) is 13.4. The molecule has 19 heavy (non-hydrogen) atoms. The number of aryl methyl sites for hydroxylation is 1. The summed E-state index contributed by atoms with van der Waals surface area (Å²) in [6, 6.07) is 3.28. The lowest BCUT2D eigenvalue weighted by Gasteiger charge is -2.24. The Morgan fingerprint density at radius 3 is 2.68 bits per heavy atom. The molecule has 108 valence electrons. The number of sulfone groups is 1. The summed E-state index contributed by atoms with van der Waals surface area (Å²) in [5.74, 6) is 0.795. The summed E-state index contributed by atoms with van der Waals surface area (Å²) < 4.78 is 28.2.